The van der Waals surface area contributed by atoms with Crippen LogP contribution >= 0.6 is 0 Å². The van der Waals surface area contributed by atoms with Crippen molar-refractivity contribution in [2.45, 2.75) is 84.6 Å². The zero-order valence-electron chi connectivity index (χ0n) is 14.3. The van der Waals surface area contributed by atoms with Gasteiger partial charge in [0.2, 0.25) is 0 Å². The molecular formula is C19H34N2. The van der Waals surface area contributed by atoms with E-state index in [4.69, 9.17) is 0 Å². The molecule has 0 spiro atoms. The summed E-state index contributed by atoms with van der Waals surface area (Å²) >= 11 is 0. The third-order valence-electron chi connectivity index (χ3n) is 4.02. The number of nitrogens with zero attached hydrogens (tertiary/aromatic N) is 1. The van der Waals surface area contributed by atoms with Gasteiger partial charge >= 0.3 is 0 Å². The van der Waals surface area contributed by atoms with Crippen LogP contribution in [0.1, 0.15) is 76.5 Å². The van der Waals surface area contributed by atoms with Gasteiger partial charge in [0.15, 0.2) is 0 Å². The van der Waals surface area contributed by atoms with E-state index in [0.717, 1.165) is 13.0 Å². The summed E-state index contributed by atoms with van der Waals surface area (Å²) in [5.41, 5.74) is 2.47. The number of hydrogen-bond donors (Lipinski definition) is 1. The molecule has 0 aliphatic carbocycles. The summed E-state index contributed by atoms with van der Waals surface area (Å²) in [6.45, 7) is 7.73. The molecule has 0 aromatic carbocycles. The fourth-order valence-corrected chi connectivity index (χ4v) is 2.67. The summed E-state index contributed by atoms with van der Waals surface area (Å²) in [6, 6.07) is 4.94. The smallest absolute Gasteiger partial charge is 0.0419 e. The Morgan fingerprint density at radius 2 is 1.76 bits per heavy atom. The molecule has 1 N–H and O–H groups in total. The second-order valence-electron chi connectivity index (χ2n) is 6.24. The fraction of sp³-hybridized carbons (Fsp3) is 0.737. The molecule has 1 atom stereocenters. The van der Waals surface area contributed by atoms with Crippen LogP contribution in [0.15, 0.2) is 18.3 Å². The molecule has 1 aromatic heterocycles. The molecule has 0 saturated heterocycles. The van der Waals surface area contributed by atoms with Gasteiger partial charge in [0, 0.05) is 24.4 Å². The highest BCUT2D eigenvalue weighted by Crippen LogP contribution is 2.11. The Morgan fingerprint density at radius 3 is 2.43 bits per heavy atom. The SMILES string of the molecule is CCCCCCCCC(Cc1ccc(C)cn1)NCCC. The summed E-state index contributed by atoms with van der Waals surface area (Å²) in [6.07, 6.45) is 13.8. The third kappa shape index (κ3) is 8.87. The van der Waals surface area contributed by atoms with E-state index in [0.29, 0.717) is 6.04 Å². The predicted molar refractivity (Wildman–Crippen MR) is 92.8 cm³/mol. The molecule has 0 fully saturated rings. The molecule has 2 nitrogen and oxygen atoms in total. The molecule has 21 heavy (non-hydrogen) atoms. The number of aryl methyl sites for hydroxylation is 1. The summed E-state index contributed by atoms with van der Waals surface area (Å²) in [5, 5.41) is 3.69. The molecule has 0 saturated carbocycles. The molecule has 0 amide bonds. The first-order valence-corrected chi connectivity index (χ1v) is 8.91. The monoisotopic (exact) mass is 290 g/mol. The number of hydrogen-bond acceptors (Lipinski definition) is 2. The van der Waals surface area contributed by atoms with Crippen molar-refractivity contribution in [3.05, 3.63) is 29.6 Å². The van der Waals surface area contributed by atoms with Crippen LogP contribution in [0.4, 0.5) is 0 Å². The van der Waals surface area contributed by atoms with Gasteiger partial charge < -0.3 is 5.32 Å². The van der Waals surface area contributed by atoms with Crippen LogP contribution in [0, 0.1) is 6.92 Å². The molecular weight excluding hydrogens is 256 g/mol. The highest BCUT2D eigenvalue weighted by molar-refractivity contribution is 5.13. The Labute approximate surface area is 131 Å². The van der Waals surface area contributed by atoms with Gasteiger partial charge in [-0.05, 0) is 37.9 Å². The van der Waals surface area contributed by atoms with Gasteiger partial charge in [-0.2, -0.15) is 0 Å². The van der Waals surface area contributed by atoms with Crippen molar-refractivity contribution in [3.8, 4) is 0 Å². The van der Waals surface area contributed by atoms with Crippen LogP contribution in [0.25, 0.3) is 0 Å². The van der Waals surface area contributed by atoms with E-state index < -0.39 is 0 Å². The van der Waals surface area contributed by atoms with E-state index in [1.54, 1.807) is 0 Å². The number of nitrogens with one attached hydrogen (secondary N) is 1. The maximum absolute atomic E-state index is 4.55. The van der Waals surface area contributed by atoms with E-state index in [-0.39, 0.29) is 0 Å². The van der Waals surface area contributed by atoms with Gasteiger partial charge in [-0.1, -0.05) is 58.4 Å². The van der Waals surface area contributed by atoms with Crippen LogP contribution in [-0.4, -0.2) is 17.6 Å². The first-order chi connectivity index (χ1) is 10.3. The molecule has 2 heteroatoms. The van der Waals surface area contributed by atoms with E-state index in [9.17, 15) is 0 Å². The molecule has 1 unspecified atom stereocenters. The highest BCUT2D eigenvalue weighted by Gasteiger charge is 2.09. The largest absolute Gasteiger partial charge is 0.314 e. The summed E-state index contributed by atoms with van der Waals surface area (Å²) in [7, 11) is 0. The van der Waals surface area contributed by atoms with Crippen molar-refractivity contribution in [1.29, 1.82) is 0 Å². The summed E-state index contributed by atoms with van der Waals surface area (Å²) in [4.78, 5) is 4.55. The minimum absolute atomic E-state index is 0.589. The fourth-order valence-electron chi connectivity index (χ4n) is 2.67. The summed E-state index contributed by atoms with van der Waals surface area (Å²) < 4.78 is 0. The predicted octanol–water partition coefficient (Wildman–Crippen LogP) is 5.05. The highest BCUT2D eigenvalue weighted by atomic mass is 14.9. The van der Waals surface area contributed by atoms with E-state index in [2.05, 4.69) is 43.2 Å². The van der Waals surface area contributed by atoms with Crippen molar-refractivity contribution < 1.29 is 0 Å². The zero-order chi connectivity index (χ0) is 15.3. The topological polar surface area (TPSA) is 24.9 Å². The van der Waals surface area contributed by atoms with E-state index in [1.165, 1.54) is 62.6 Å². The number of unbranched alkanes of at least 4 members (excludes halogenated alkanes) is 5. The second-order valence-corrected chi connectivity index (χ2v) is 6.24. The number of rotatable bonds is 12. The molecule has 1 rings (SSSR count). The zero-order valence-corrected chi connectivity index (χ0v) is 14.3. The van der Waals surface area contributed by atoms with Crippen LogP contribution in [0.3, 0.4) is 0 Å². The lowest BCUT2D eigenvalue weighted by atomic mass is 10.0. The minimum atomic E-state index is 0.589. The maximum atomic E-state index is 4.55. The summed E-state index contributed by atoms with van der Waals surface area (Å²) in [5.74, 6) is 0. The normalized spacial score (nSPS) is 12.5. The van der Waals surface area contributed by atoms with Crippen LogP contribution in [0.5, 0.6) is 0 Å². The molecule has 120 valence electrons. The van der Waals surface area contributed by atoms with E-state index in [1.807, 2.05) is 6.20 Å². The molecule has 1 aromatic rings. The molecule has 0 radical (unpaired) electrons. The van der Waals surface area contributed by atoms with Gasteiger partial charge in [-0.3, -0.25) is 4.98 Å². The van der Waals surface area contributed by atoms with Crippen molar-refractivity contribution in [1.82, 2.24) is 10.3 Å². The Balaban J connectivity index is 2.31. The Morgan fingerprint density at radius 1 is 1.00 bits per heavy atom. The Hall–Kier alpha value is -0.890. The van der Waals surface area contributed by atoms with Gasteiger partial charge in [0.05, 0.1) is 0 Å². The standard InChI is InChI=1S/C19H34N2/c1-4-6-7-8-9-10-11-18(20-14-5-2)15-19-13-12-17(3)16-21-19/h12-13,16,18,20H,4-11,14-15H2,1-3H3. The molecule has 0 aliphatic heterocycles. The quantitative estimate of drug-likeness (QED) is 0.545. The lowest BCUT2D eigenvalue weighted by Gasteiger charge is -2.18. The molecule has 0 bridgehead atoms. The van der Waals surface area contributed by atoms with Crippen molar-refractivity contribution in [2.75, 3.05) is 6.54 Å². The lowest BCUT2D eigenvalue weighted by molar-refractivity contribution is 0.447. The van der Waals surface area contributed by atoms with Crippen molar-refractivity contribution >= 4 is 0 Å². The van der Waals surface area contributed by atoms with Gasteiger partial charge in [-0.15, -0.1) is 0 Å². The van der Waals surface area contributed by atoms with Crippen LogP contribution in [-0.2, 0) is 6.42 Å². The Bertz CT molecular complexity index is 345. The first kappa shape index (κ1) is 18.2. The number of aromatic nitrogens is 1. The van der Waals surface area contributed by atoms with Gasteiger partial charge in [-0.25, -0.2) is 0 Å². The van der Waals surface area contributed by atoms with Crippen LogP contribution < -0.4 is 5.32 Å². The second kappa shape index (κ2) is 11.7. The minimum Gasteiger partial charge on any atom is -0.314 e. The average Bonchev–Trinajstić information content (AvgIpc) is 2.50. The maximum Gasteiger partial charge on any atom is 0.0419 e. The Kier molecular flexibility index (Phi) is 10.1. The third-order valence-corrected chi connectivity index (χ3v) is 4.02. The molecule has 0 aliphatic rings. The average molecular weight is 290 g/mol. The van der Waals surface area contributed by atoms with Crippen molar-refractivity contribution in [3.63, 3.8) is 0 Å². The molecule has 1 heterocycles. The number of pyridine rings is 1. The lowest BCUT2D eigenvalue weighted by Crippen LogP contribution is -2.32. The van der Waals surface area contributed by atoms with E-state index >= 15 is 0 Å². The van der Waals surface area contributed by atoms with Crippen LogP contribution in [0.2, 0.25) is 0 Å². The first-order valence-electron chi connectivity index (χ1n) is 8.91. The van der Waals surface area contributed by atoms with Crippen molar-refractivity contribution in [2.24, 2.45) is 0 Å². The van der Waals surface area contributed by atoms with Gasteiger partial charge in [0.25, 0.3) is 0 Å². The van der Waals surface area contributed by atoms with Gasteiger partial charge in [0.1, 0.15) is 0 Å².